The summed E-state index contributed by atoms with van der Waals surface area (Å²) in [5.41, 5.74) is 2.76. The molecule has 4 heteroatoms. The molecule has 0 radical (unpaired) electrons. The maximum atomic E-state index is 12.5. The molecule has 0 atom stereocenters. The van der Waals surface area contributed by atoms with Crippen LogP contribution >= 0.6 is 0 Å². The lowest BCUT2D eigenvalue weighted by Crippen LogP contribution is -2.02. The van der Waals surface area contributed by atoms with E-state index in [1.54, 1.807) is 0 Å². The highest BCUT2D eigenvalue weighted by Crippen LogP contribution is 2.18. The van der Waals surface area contributed by atoms with Crippen LogP contribution in [0.1, 0.15) is 89.6 Å². The van der Waals surface area contributed by atoms with Gasteiger partial charge in [0, 0.05) is 22.3 Å². The number of ether oxygens (including phenoxy) is 2. The fourth-order valence-electron chi connectivity index (χ4n) is 4.74. The van der Waals surface area contributed by atoms with Crippen LogP contribution in [0.2, 0.25) is 0 Å². The van der Waals surface area contributed by atoms with E-state index in [-0.39, 0.29) is 11.6 Å². The smallest absolute Gasteiger partial charge is 0.193 e. The summed E-state index contributed by atoms with van der Waals surface area (Å²) < 4.78 is 11.7. The summed E-state index contributed by atoms with van der Waals surface area (Å²) in [6.07, 6.45) is 10.7. The number of benzene rings is 4. The van der Waals surface area contributed by atoms with Crippen LogP contribution in [0.4, 0.5) is 0 Å². The Labute approximate surface area is 244 Å². The Morgan fingerprint density at radius 1 is 0.366 bits per heavy atom. The first kappa shape index (κ1) is 29.8. The number of hydrogen-bond acceptors (Lipinski definition) is 4. The first-order chi connectivity index (χ1) is 20.2. The Hall–Kier alpha value is -4.18. The molecule has 0 unspecified atom stereocenters. The Bertz CT molecular complexity index is 1210. The predicted molar refractivity (Wildman–Crippen MR) is 165 cm³/mol. The molecule has 0 fully saturated rings. The maximum absolute atomic E-state index is 12.5. The predicted octanol–water partition coefficient (Wildman–Crippen LogP) is 9.12. The van der Waals surface area contributed by atoms with E-state index in [0.29, 0.717) is 35.5 Å². The van der Waals surface area contributed by atoms with Crippen molar-refractivity contribution in [2.75, 3.05) is 13.2 Å². The van der Waals surface area contributed by atoms with Gasteiger partial charge in [0.1, 0.15) is 11.5 Å². The van der Waals surface area contributed by atoms with Crippen LogP contribution in [0.15, 0.2) is 109 Å². The lowest BCUT2D eigenvalue weighted by atomic mass is 10.0. The number of rotatable bonds is 18. The van der Waals surface area contributed by atoms with Crippen molar-refractivity contribution in [2.24, 2.45) is 0 Å². The molecule has 41 heavy (non-hydrogen) atoms. The summed E-state index contributed by atoms with van der Waals surface area (Å²) in [6.45, 7) is 1.41. The average molecular weight is 549 g/mol. The number of carbonyl (C=O) groups is 2. The van der Waals surface area contributed by atoms with Gasteiger partial charge >= 0.3 is 0 Å². The average Bonchev–Trinajstić information content (AvgIpc) is 3.04. The third-order valence-electron chi connectivity index (χ3n) is 7.13. The van der Waals surface area contributed by atoms with E-state index in [9.17, 15) is 9.59 Å². The van der Waals surface area contributed by atoms with Crippen molar-refractivity contribution in [3.63, 3.8) is 0 Å². The summed E-state index contributed by atoms with van der Waals surface area (Å²) in [6, 6.07) is 33.6. The number of ketones is 2. The van der Waals surface area contributed by atoms with Gasteiger partial charge in [-0.2, -0.15) is 0 Å². The van der Waals surface area contributed by atoms with Crippen molar-refractivity contribution in [1.82, 2.24) is 0 Å². The number of hydrogen-bond donors (Lipinski definition) is 0. The second-order valence-corrected chi connectivity index (χ2v) is 10.3. The van der Waals surface area contributed by atoms with Crippen LogP contribution in [-0.4, -0.2) is 24.8 Å². The van der Waals surface area contributed by atoms with Crippen molar-refractivity contribution in [2.45, 2.75) is 57.8 Å². The molecule has 0 saturated carbocycles. The van der Waals surface area contributed by atoms with E-state index >= 15 is 0 Å². The highest BCUT2D eigenvalue weighted by Gasteiger charge is 2.09. The van der Waals surface area contributed by atoms with Gasteiger partial charge in [0.05, 0.1) is 13.2 Å². The minimum atomic E-state index is 0.0331. The first-order valence-corrected chi connectivity index (χ1v) is 14.9. The van der Waals surface area contributed by atoms with Crippen molar-refractivity contribution >= 4 is 11.6 Å². The molecule has 0 amide bonds. The second-order valence-electron chi connectivity index (χ2n) is 10.3. The summed E-state index contributed by atoms with van der Waals surface area (Å²) in [5, 5.41) is 0. The van der Waals surface area contributed by atoms with Crippen LogP contribution in [0.25, 0.3) is 0 Å². The van der Waals surface area contributed by atoms with Crippen LogP contribution < -0.4 is 9.47 Å². The molecule has 0 saturated heterocycles. The van der Waals surface area contributed by atoms with E-state index in [1.165, 1.54) is 44.9 Å². The molecule has 0 N–H and O–H groups in total. The molecule has 0 aromatic heterocycles. The molecule has 4 nitrogen and oxygen atoms in total. The standard InChI is InChI=1S/C37H40O4/c38-36(30-16-10-8-11-17-30)32-20-24-34(25-21-32)40-28-14-6-4-2-1-3-5-7-15-29-41-35-26-22-33(23-27-35)37(39)31-18-12-9-13-19-31/h8-13,16-27H,1-7,14-15,28-29H2. The van der Waals surface area contributed by atoms with Gasteiger partial charge in [0.25, 0.3) is 0 Å². The zero-order valence-electron chi connectivity index (χ0n) is 23.8. The van der Waals surface area contributed by atoms with Crippen LogP contribution in [0.5, 0.6) is 11.5 Å². The third kappa shape index (κ3) is 10.1. The second kappa shape index (κ2) is 16.8. The maximum Gasteiger partial charge on any atom is 0.193 e. The van der Waals surface area contributed by atoms with E-state index in [1.807, 2.05) is 109 Å². The van der Waals surface area contributed by atoms with Gasteiger partial charge in [0.2, 0.25) is 0 Å². The summed E-state index contributed by atoms with van der Waals surface area (Å²) in [7, 11) is 0. The molecule has 0 heterocycles. The summed E-state index contributed by atoms with van der Waals surface area (Å²) in [4.78, 5) is 25.0. The molecule has 4 rings (SSSR count). The molecule has 0 bridgehead atoms. The van der Waals surface area contributed by atoms with E-state index in [0.717, 1.165) is 24.3 Å². The van der Waals surface area contributed by atoms with Crippen molar-refractivity contribution in [3.05, 3.63) is 131 Å². The van der Waals surface area contributed by atoms with Gasteiger partial charge in [-0.05, 0) is 61.4 Å². The minimum Gasteiger partial charge on any atom is -0.494 e. The SMILES string of the molecule is O=C(c1ccccc1)c1ccc(OCCCCCCCCCCCOc2ccc(C(=O)c3ccccc3)cc2)cc1. The Morgan fingerprint density at radius 3 is 1.00 bits per heavy atom. The first-order valence-electron chi connectivity index (χ1n) is 14.9. The number of unbranched alkanes of at least 4 members (excludes halogenated alkanes) is 8. The quantitative estimate of drug-likeness (QED) is 0.0919. The van der Waals surface area contributed by atoms with Gasteiger partial charge in [0.15, 0.2) is 11.6 Å². The number of carbonyl (C=O) groups excluding carboxylic acids is 2. The topological polar surface area (TPSA) is 52.6 Å². The van der Waals surface area contributed by atoms with Crippen molar-refractivity contribution < 1.29 is 19.1 Å². The molecule has 4 aromatic rings. The van der Waals surface area contributed by atoms with Gasteiger partial charge in [-0.1, -0.05) is 106 Å². The zero-order valence-corrected chi connectivity index (χ0v) is 23.8. The fraction of sp³-hybridized carbons (Fsp3) is 0.297. The Morgan fingerprint density at radius 2 is 0.659 bits per heavy atom. The molecule has 0 spiro atoms. The lowest BCUT2D eigenvalue weighted by Gasteiger charge is -2.08. The molecular formula is C37H40O4. The van der Waals surface area contributed by atoms with Crippen LogP contribution in [0.3, 0.4) is 0 Å². The molecule has 0 aliphatic carbocycles. The van der Waals surface area contributed by atoms with E-state index in [4.69, 9.17) is 9.47 Å². The molecule has 0 aliphatic heterocycles. The molecule has 0 aliphatic rings. The summed E-state index contributed by atoms with van der Waals surface area (Å²) in [5.74, 6) is 1.69. The van der Waals surface area contributed by atoms with Crippen LogP contribution in [0, 0.1) is 0 Å². The van der Waals surface area contributed by atoms with Gasteiger partial charge in [-0.15, -0.1) is 0 Å². The molecule has 212 valence electrons. The Balaban J connectivity index is 0.966. The Kier molecular flexibility index (Phi) is 12.2. The third-order valence-corrected chi connectivity index (χ3v) is 7.13. The lowest BCUT2D eigenvalue weighted by molar-refractivity contribution is 0.103. The monoisotopic (exact) mass is 548 g/mol. The van der Waals surface area contributed by atoms with Gasteiger partial charge in [-0.25, -0.2) is 0 Å². The summed E-state index contributed by atoms with van der Waals surface area (Å²) >= 11 is 0. The van der Waals surface area contributed by atoms with Gasteiger partial charge in [-0.3, -0.25) is 9.59 Å². The molecule has 4 aromatic carbocycles. The minimum absolute atomic E-state index is 0.0331. The van der Waals surface area contributed by atoms with E-state index < -0.39 is 0 Å². The highest BCUT2D eigenvalue weighted by molar-refractivity contribution is 6.09. The normalized spacial score (nSPS) is 10.7. The van der Waals surface area contributed by atoms with Gasteiger partial charge < -0.3 is 9.47 Å². The molecular weight excluding hydrogens is 508 g/mol. The van der Waals surface area contributed by atoms with Crippen molar-refractivity contribution in [3.8, 4) is 11.5 Å². The largest absolute Gasteiger partial charge is 0.494 e. The highest BCUT2D eigenvalue weighted by atomic mass is 16.5. The van der Waals surface area contributed by atoms with Crippen molar-refractivity contribution in [1.29, 1.82) is 0 Å². The van der Waals surface area contributed by atoms with Crippen LogP contribution in [-0.2, 0) is 0 Å². The fourth-order valence-corrected chi connectivity index (χ4v) is 4.74. The van der Waals surface area contributed by atoms with E-state index in [2.05, 4.69) is 0 Å². The zero-order chi connectivity index (χ0) is 28.5.